The topological polar surface area (TPSA) is 64.1 Å². The van der Waals surface area contributed by atoms with E-state index in [9.17, 15) is 0 Å². The molecule has 2 heterocycles. The Bertz CT molecular complexity index is 715. The van der Waals surface area contributed by atoms with Crippen LogP contribution in [0.15, 0.2) is 47.0 Å². The molecule has 4 nitrogen and oxygen atoms in total. The van der Waals surface area contributed by atoms with Crippen molar-refractivity contribution < 1.29 is 4.42 Å². The number of para-hydroxylation sites is 1. The van der Waals surface area contributed by atoms with E-state index in [0.717, 1.165) is 33.6 Å². The summed E-state index contributed by atoms with van der Waals surface area (Å²) in [5.41, 5.74) is 6.76. The molecule has 0 aliphatic rings. The van der Waals surface area contributed by atoms with E-state index in [-0.39, 0.29) is 6.04 Å². The molecule has 0 saturated heterocycles. The van der Waals surface area contributed by atoms with Gasteiger partial charge in [-0.15, -0.1) is 0 Å². The summed E-state index contributed by atoms with van der Waals surface area (Å²) in [4.78, 5) is 4.49. The average Bonchev–Trinajstić information content (AvgIpc) is 2.85. The molecule has 0 aliphatic heterocycles. The lowest BCUT2D eigenvalue weighted by atomic mass is 10.0. The number of nitrogens with two attached hydrogens (primary N) is 1. The van der Waals surface area contributed by atoms with Gasteiger partial charge in [0.05, 0.1) is 5.69 Å². The lowest BCUT2D eigenvalue weighted by Gasteiger charge is -2.15. The summed E-state index contributed by atoms with van der Waals surface area (Å²) in [6.45, 7) is 4.05. The van der Waals surface area contributed by atoms with Crippen LogP contribution in [0.5, 0.6) is 0 Å². The number of hydrogen-bond donors (Lipinski definition) is 2. The Morgan fingerprint density at radius 1 is 1.20 bits per heavy atom. The standard InChI is InChI=1S/C16H17N3O/c1-10-7-11(2)15(18-9-10)16(19-17)14-8-12-5-3-4-6-13(12)20-14/h3-9,16,19H,17H2,1-2H3. The number of hydrogen-bond acceptors (Lipinski definition) is 4. The zero-order valence-corrected chi connectivity index (χ0v) is 11.6. The fourth-order valence-electron chi connectivity index (χ4n) is 2.47. The zero-order valence-electron chi connectivity index (χ0n) is 11.6. The van der Waals surface area contributed by atoms with E-state index in [2.05, 4.69) is 16.5 Å². The summed E-state index contributed by atoms with van der Waals surface area (Å²) in [6.07, 6.45) is 1.84. The van der Waals surface area contributed by atoms with Gasteiger partial charge in [0.25, 0.3) is 0 Å². The van der Waals surface area contributed by atoms with Gasteiger partial charge in [-0.2, -0.15) is 0 Å². The van der Waals surface area contributed by atoms with Crippen molar-refractivity contribution in [1.29, 1.82) is 0 Å². The fourth-order valence-corrected chi connectivity index (χ4v) is 2.47. The molecule has 0 spiro atoms. The molecule has 0 bridgehead atoms. The summed E-state index contributed by atoms with van der Waals surface area (Å²) in [7, 11) is 0. The Morgan fingerprint density at radius 2 is 2.00 bits per heavy atom. The highest BCUT2D eigenvalue weighted by atomic mass is 16.3. The number of nitrogens with zero attached hydrogens (tertiary/aromatic N) is 1. The van der Waals surface area contributed by atoms with Gasteiger partial charge < -0.3 is 4.42 Å². The molecular formula is C16H17N3O. The highest BCUT2D eigenvalue weighted by Crippen LogP contribution is 2.28. The highest BCUT2D eigenvalue weighted by Gasteiger charge is 2.20. The van der Waals surface area contributed by atoms with Crippen molar-refractivity contribution in [3.05, 3.63) is 65.2 Å². The molecule has 1 aromatic carbocycles. The van der Waals surface area contributed by atoms with E-state index >= 15 is 0 Å². The Kier molecular flexibility index (Phi) is 3.26. The SMILES string of the molecule is Cc1cnc(C(NN)c2cc3ccccc3o2)c(C)c1. The lowest BCUT2D eigenvalue weighted by molar-refractivity contribution is 0.470. The van der Waals surface area contributed by atoms with Crippen molar-refractivity contribution in [3.8, 4) is 0 Å². The van der Waals surface area contributed by atoms with Gasteiger partial charge in [0, 0.05) is 11.6 Å². The van der Waals surface area contributed by atoms with Gasteiger partial charge in [-0.1, -0.05) is 24.3 Å². The molecule has 3 aromatic rings. The van der Waals surface area contributed by atoms with Gasteiger partial charge in [0.1, 0.15) is 17.4 Å². The van der Waals surface area contributed by atoms with Crippen LogP contribution in [0.1, 0.15) is 28.6 Å². The van der Waals surface area contributed by atoms with E-state index in [4.69, 9.17) is 10.3 Å². The van der Waals surface area contributed by atoms with Crippen LogP contribution in [-0.4, -0.2) is 4.98 Å². The number of nitrogens with one attached hydrogen (secondary N) is 1. The van der Waals surface area contributed by atoms with Gasteiger partial charge in [-0.25, -0.2) is 5.43 Å². The van der Waals surface area contributed by atoms with Crippen LogP contribution in [0.3, 0.4) is 0 Å². The van der Waals surface area contributed by atoms with Crippen LogP contribution < -0.4 is 11.3 Å². The number of fused-ring (bicyclic) bond motifs is 1. The lowest BCUT2D eigenvalue weighted by Crippen LogP contribution is -2.29. The Hall–Kier alpha value is -2.17. The number of aromatic nitrogens is 1. The van der Waals surface area contributed by atoms with Crippen molar-refractivity contribution in [2.75, 3.05) is 0 Å². The second kappa shape index (κ2) is 5.07. The third-order valence-electron chi connectivity index (χ3n) is 3.42. The summed E-state index contributed by atoms with van der Waals surface area (Å²) in [5.74, 6) is 6.49. The van der Waals surface area contributed by atoms with E-state index < -0.39 is 0 Å². The first-order valence-electron chi connectivity index (χ1n) is 6.57. The van der Waals surface area contributed by atoms with Gasteiger partial charge >= 0.3 is 0 Å². The molecule has 20 heavy (non-hydrogen) atoms. The van der Waals surface area contributed by atoms with Crippen molar-refractivity contribution in [1.82, 2.24) is 10.4 Å². The Labute approximate surface area is 117 Å². The first-order chi connectivity index (χ1) is 9.69. The number of rotatable bonds is 3. The first kappa shape index (κ1) is 12.8. The predicted molar refractivity (Wildman–Crippen MR) is 79.1 cm³/mol. The summed E-state index contributed by atoms with van der Waals surface area (Å²) in [5, 5.41) is 1.06. The molecule has 0 amide bonds. The highest BCUT2D eigenvalue weighted by molar-refractivity contribution is 5.77. The molecule has 0 fully saturated rings. The number of pyridine rings is 1. The molecule has 4 heteroatoms. The van der Waals surface area contributed by atoms with E-state index in [1.165, 1.54) is 0 Å². The second-order valence-electron chi connectivity index (χ2n) is 5.00. The maximum atomic E-state index is 5.88. The van der Waals surface area contributed by atoms with Crippen molar-refractivity contribution in [2.45, 2.75) is 19.9 Å². The minimum atomic E-state index is -0.247. The Balaban J connectivity index is 2.08. The quantitative estimate of drug-likeness (QED) is 0.565. The number of hydrazine groups is 1. The minimum absolute atomic E-state index is 0.247. The number of benzene rings is 1. The Morgan fingerprint density at radius 3 is 2.70 bits per heavy atom. The molecule has 102 valence electrons. The molecule has 3 rings (SSSR count). The third kappa shape index (κ3) is 2.19. The van der Waals surface area contributed by atoms with E-state index in [1.54, 1.807) is 0 Å². The van der Waals surface area contributed by atoms with E-state index in [0.29, 0.717) is 0 Å². The molecule has 1 atom stereocenters. The van der Waals surface area contributed by atoms with Gasteiger partial charge in [0.2, 0.25) is 0 Å². The minimum Gasteiger partial charge on any atom is -0.459 e. The van der Waals surface area contributed by atoms with Crippen molar-refractivity contribution in [3.63, 3.8) is 0 Å². The van der Waals surface area contributed by atoms with E-state index in [1.807, 2.05) is 50.4 Å². The van der Waals surface area contributed by atoms with Crippen LogP contribution in [-0.2, 0) is 0 Å². The van der Waals surface area contributed by atoms with Crippen LogP contribution in [0.4, 0.5) is 0 Å². The smallest absolute Gasteiger partial charge is 0.134 e. The molecule has 0 saturated carbocycles. The van der Waals surface area contributed by atoms with Crippen molar-refractivity contribution in [2.24, 2.45) is 5.84 Å². The van der Waals surface area contributed by atoms with Crippen molar-refractivity contribution >= 4 is 11.0 Å². The first-order valence-corrected chi connectivity index (χ1v) is 6.57. The van der Waals surface area contributed by atoms with Gasteiger partial charge in [0.15, 0.2) is 0 Å². The maximum absolute atomic E-state index is 5.88. The van der Waals surface area contributed by atoms with Crippen LogP contribution >= 0.6 is 0 Å². The second-order valence-corrected chi connectivity index (χ2v) is 5.00. The molecule has 0 radical (unpaired) electrons. The van der Waals surface area contributed by atoms with Gasteiger partial charge in [-0.05, 0) is 37.1 Å². The maximum Gasteiger partial charge on any atom is 0.134 e. The van der Waals surface area contributed by atoms with Gasteiger partial charge in [-0.3, -0.25) is 10.8 Å². The van der Waals surface area contributed by atoms with Crippen LogP contribution in [0.2, 0.25) is 0 Å². The zero-order chi connectivity index (χ0) is 14.1. The summed E-state index contributed by atoms with van der Waals surface area (Å²) < 4.78 is 5.88. The molecule has 2 aromatic heterocycles. The normalized spacial score (nSPS) is 12.8. The molecule has 0 aliphatic carbocycles. The fraction of sp³-hybridized carbons (Fsp3) is 0.188. The third-order valence-corrected chi connectivity index (χ3v) is 3.42. The number of aryl methyl sites for hydroxylation is 2. The average molecular weight is 267 g/mol. The van der Waals surface area contributed by atoms with Crippen LogP contribution in [0, 0.1) is 13.8 Å². The molecule has 1 unspecified atom stereocenters. The van der Waals surface area contributed by atoms with Crippen LogP contribution in [0.25, 0.3) is 11.0 Å². The monoisotopic (exact) mass is 267 g/mol. The molecule has 3 N–H and O–H groups in total. The summed E-state index contributed by atoms with van der Waals surface area (Å²) in [6, 6.07) is 11.8. The summed E-state index contributed by atoms with van der Waals surface area (Å²) >= 11 is 0. The number of furan rings is 1. The largest absolute Gasteiger partial charge is 0.459 e. The molecular weight excluding hydrogens is 250 g/mol. The predicted octanol–water partition coefficient (Wildman–Crippen LogP) is 3.00.